The smallest absolute Gasteiger partial charge is 0.161 e. The fraction of sp³-hybridized carbons (Fsp3) is 0.625. The zero-order valence-corrected chi connectivity index (χ0v) is 12.5. The normalized spacial score (nSPS) is 19.2. The summed E-state index contributed by atoms with van der Waals surface area (Å²) in [5.74, 6) is 1.59. The number of likely N-dealkylation sites (tertiary alicyclic amines) is 1. The molecule has 1 fully saturated rings. The standard InChI is InChI=1S/C16H25NO3/c1-3-9-20-15-7-6-13(10-16(15)19-2)11-17-8-4-5-14(17)12-18/h6-7,10,14,18H,3-5,8-9,11-12H2,1-2H3/t14-/m1/s1. The van der Waals surface area contributed by atoms with Gasteiger partial charge in [0.1, 0.15) is 0 Å². The van der Waals surface area contributed by atoms with E-state index in [1.54, 1.807) is 7.11 Å². The summed E-state index contributed by atoms with van der Waals surface area (Å²) in [6.45, 7) is 4.95. The summed E-state index contributed by atoms with van der Waals surface area (Å²) in [5.41, 5.74) is 1.20. The van der Waals surface area contributed by atoms with E-state index in [9.17, 15) is 5.11 Å². The first-order valence-corrected chi connectivity index (χ1v) is 7.43. The molecule has 1 aliphatic heterocycles. The van der Waals surface area contributed by atoms with Crippen LogP contribution in [0.1, 0.15) is 31.7 Å². The minimum atomic E-state index is 0.245. The van der Waals surface area contributed by atoms with Gasteiger partial charge in [0.05, 0.1) is 20.3 Å². The van der Waals surface area contributed by atoms with Crippen molar-refractivity contribution in [2.45, 2.75) is 38.8 Å². The van der Waals surface area contributed by atoms with Crippen LogP contribution in [-0.2, 0) is 6.54 Å². The minimum Gasteiger partial charge on any atom is -0.493 e. The maximum absolute atomic E-state index is 9.37. The van der Waals surface area contributed by atoms with Crippen molar-refractivity contribution in [1.29, 1.82) is 0 Å². The van der Waals surface area contributed by atoms with E-state index in [4.69, 9.17) is 9.47 Å². The molecular weight excluding hydrogens is 254 g/mol. The van der Waals surface area contributed by atoms with Crippen molar-refractivity contribution in [3.63, 3.8) is 0 Å². The quantitative estimate of drug-likeness (QED) is 0.832. The van der Waals surface area contributed by atoms with Crippen LogP contribution in [0.15, 0.2) is 18.2 Å². The Labute approximate surface area is 121 Å². The molecule has 0 radical (unpaired) electrons. The van der Waals surface area contributed by atoms with E-state index in [1.165, 1.54) is 12.0 Å². The molecule has 1 saturated heterocycles. The van der Waals surface area contributed by atoms with E-state index < -0.39 is 0 Å². The van der Waals surface area contributed by atoms with Crippen LogP contribution in [0.5, 0.6) is 11.5 Å². The number of aliphatic hydroxyl groups excluding tert-OH is 1. The lowest BCUT2D eigenvalue weighted by molar-refractivity contribution is 0.153. The zero-order chi connectivity index (χ0) is 14.4. The fourth-order valence-electron chi connectivity index (χ4n) is 2.69. The van der Waals surface area contributed by atoms with Gasteiger partial charge in [0.25, 0.3) is 0 Å². The summed E-state index contributed by atoms with van der Waals surface area (Å²) >= 11 is 0. The molecule has 112 valence electrons. The fourth-order valence-corrected chi connectivity index (χ4v) is 2.69. The first-order valence-electron chi connectivity index (χ1n) is 7.43. The lowest BCUT2D eigenvalue weighted by atomic mass is 10.1. The molecule has 2 rings (SSSR count). The van der Waals surface area contributed by atoms with E-state index in [0.29, 0.717) is 12.6 Å². The Morgan fingerprint density at radius 3 is 2.90 bits per heavy atom. The summed E-state index contributed by atoms with van der Waals surface area (Å²) in [5, 5.41) is 9.37. The SMILES string of the molecule is CCCOc1ccc(CN2CCC[C@@H]2CO)cc1OC. The van der Waals surface area contributed by atoms with Gasteiger partial charge >= 0.3 is 0 Å². The van der Waals surface area contributed by atoms with Crippen molar-refractivity contribution >= 4 is 0 Å². The Morgan fingerprint density at radius 1 is 1.35 bits per heavy atom. The first-order chi connectivity index (χ1) is 9.78. The maximum atomic E-state index is 9.37. The third-order valence-corrected chi connectivity index (χ3v) is 3.79. The third-order valence-electron chi connectivity index (χ3n) is 3.79. The first kappa shape index (κ1) is 15.1. The van der Waals surface area contributed by atoms with Crippen LogP contribution in [0, 0.1) is 0 Å². The number of nitrogens with zero attached hydrogens (tertiary/aromatic N) is 1. The Kier molecular flexibility index (Phi) is 5.68. The average molecular weight is 279 g/mol. The Balaban J connectivity index is 2.05. The molecule has 0 bridgehead atoms. The predicted molar refractivity (Wildman–Crippen MR) is 79.3 cm³/mol. The van der Waals surface area contributed by atoms with Crippen molar-refractivity contribution in [2.24, 2.45) is 0 Å². The van der Waals surface area contributed by atoms with Gasteiger partial charge in [0.2, 0.25) is 0 Å². The predicted octanol–water partition coefficient (Wildman–Crippen LogP) is 2.44. The number of aliphatic hydroxyl groups is 1. The summed E-state index contributed by atoms with van der Waals surface area (Å²) in [6, 6.07) is 6.41. The molecule has 0 aliphatic carbocycles. The molecule has 0 unspecified atom stereocenters. The van der Waals surface area contributed by atoms with E-state index in [1.807, 2.05) is 12.1 Å². The second kappa shape index (κ2) is 7.50. The van der Waals surface area contributed by atoms with Gasteiger partial charge in [-0.15, -0.1) is 0 Å². The highest BCUT2D eigenvalue weighted by molar-refractivity contribution is 5.43. The van der Waals surface area contributed by atoms with Gasteiger partial charge in [-0.25, -0.2) is 0 Å². The lowest BCUT2D eigenvalue weighted by Crippen LogP contribution is -2.31. The summed E-state index contributed by atoms with van der Waals surface area (Å²) in [6.07, 6.45) is 3.24. The van der Waals surface area contributed by atoms with Crippen molar-refractivity contribution in [1.82, 2.24) is 4.90 Å². The Morgan fingerprint density at radius 2 is 2.20 bits per heavy atom. The summed E-state index contributed by atoms with van der Waals surface area (Å²) in [4.78, 5) is 2.33. The molecule has 0 spiro atoms. The number of hydrogen-bond donors (Lipinski definition) is 1. The highest BCUT2D eigenvalue weighted by atomic mass is 16.5. The molecule has 1 aliphatic rings. The molecule has 20 heavy (non-hydrogen) atoms. The van der Waals surface area contributed by atoms with Crippen molar-refractivity contribution in [3.05, 3.63) is 23.8 Å². The van der Waals surface area contributed by atoms with Gasteiger partial charge in [0.15, 0.2) is 11.5 Å². The average Bonchev–Trinajstić information content (AvgIpc) is 2.92. The van der Waals surface area contributed by atoms with Crippen molar-refractivity contribution < 1.29 is 14.6 Å². The van der Waals surface area contributed by atoms with E-state index in [2.05, 4.69) is 17.9 Å². The topological polar surface area (TPSA) is 41.9 Å². The molecule has 1 atom stereocenters. The third kappa shape index (κ3) is 3.64. The zero-order valence-electron chi connectivity index (χ0n) is 12.5. The van der Waals surface area contributed by atoms with Crippen LogP contribution in [-0.4, -0.2) is 42.9 Å². The van der Waals surface area contributed by atoms with E-state index in [0.717, 1.165) is 37.4 Å². The largest absolute Gasteiger partial charge is 0.493 e. The Hall–Kier alpha value is -1.26. The van der Waals surface area contributed by atoms with Gasteiger partial charge < -0.3 is 14.6 Å². The molecule has 1 aromatic carbocycles. The van der Waals surface area contributed by atoms with Crippen LogP contribution < -0.4 is 9.47 Å². The number of benzene rings is 1. The van der Waals surface area contributed by atoms with Crippen LogP contribution >= 0.6 is 0 Å². The molecular formula is C16H25NO3. The molecule has 0 amide bonds. The number of rotatable bonds is 7. The Bertz CT molecular complexity index is 422. The van der Waals surface area contributed by atoms with Gasteiger partial charge in [-0.1, -0.05) is 13.0 Å². The second-order valence-electron chi connectivity index (χ2n) is 5.28. The molecule has 1 N–H and O–H groups in total. The van der Waals surface area contributed by atoms with Crippen LogP contribution in [0.4, 0.5) is 0 Å². The summed E-state index contributed by atoms with van der Waals surface area (Å²) in [7, 11) is 1.67. The van der Waals surface area contributed by atoms with Crippen molar-refractivity contribution in [3.8, 4) is 11.5 Å². The molecule has 1 aromatic rings. The van der Waals surface area contributed by atoms with Crippen LogP contribution in [0.2, 0.25) is 0 Å². The number of hydrogen-bond acceptors (Lipinski definition) is 4. The highest BCUT2D eigenvalue weighted by Crippen LogP contribution is 2.29. The molecule has 4 nitrogen and oxygen atoms in total. The minimum absolute atomic E-state index is 0.245. The van der Waals surface area contributed by atoms with E-state index in [-0.39, 0.29) is 6.61 Å². The lowest BCUT2D eigenvalue weighted by Gasteiger charge is -2.23. The van der Waals surface area contributed by atoms with Gasteiger partial charge in [0, 0.05) is 12.6 Å². The summed E-state index contributed by atoms with van der Waals surface area (Å²) < 4.78 is 11.1. The number of ether oxygens (including phenoxy) is 2. The maximum Gasteiger partial charge on any atom is 0.161 e. The van der Waals surface area contributed by atoms with Gasteiger partial charge in [-0.05, 0) is 43.5 Å². The highest BCUT2D eigenvalue weighted by Gasteiger charge is 2.23. The van der Waals surface area contributed by atoms with Crippen molar-refractivity contribution in [2.75, 3.05) is 26.9 Å². The molecule has 4 heteroatoms. The van der Waals surface area contributed by atoms with Gasteiger partial charge in [-0.2, -0.15) is 0 Å². The van der Waals surface area contributed by atoms with E-state index >= 15 is 0 Å². The van der Waals surface area contributed by atoms with Crippen LogP contribution in [0.25, 0.3) is 0 Å². The van der Waals surface area contributed by atoms with Crippen LogP contribution in [0.3, 0.4) is 0 Å². The molecule has 0 saturated carbocycles. The van der Waals surface area contributed by atoms with Gasteiger partial charge in [-0.3, -0.25) is 4.90 Å². The monoisotopic (exact) mass is 279 g/mol. The molecule has 0 aromatic heterocycles. The number of methoxy groups -OCH3 is 1. The molecule has 1 heterocycles. The second-order valence-corrected chi connectivity index (χ2v) is 5.28.